The minimum Gasteiger partial charge on any atom is -0.258 e. The number of halogens is 2. The molecule has 2 aromatic rings. The van der Waals surface area contributed by atoms with E-state index in [4.69, 9.17) is 11.6 Å². The van der Waals surface area contributed by atoms with Gasteiger partial charge in [0.1, 0.15) is 0 Å². The highest BCUT2D eigenvalue weighted by Gasteiger charge is 2.21. The van der Waals surface area contributed by atoms with Crippen molar-refractivity contribution in [2.45, 2.75) is 0 Å². The van der Waals surface area contributed by atoms with Crippen LogP contribution in [0.5, 0.6) is 0 Å². The second-order valence-corrected chi connectivity index (χ2v) is 3.47. The molecule has 7 heteroatoms. The maximum atomic E-state index is 13.4. The summed E-state index contributed by atoms with van der Waals surface area (Å²) in [7, 11) is 0. The van der Waals surface area contributed by atoms with Gasteiger partial charge in [0.05, 0.1) is 10.5 Å². The number of nitro groups is 1. The van der Waals surface area contributed by atoms with Gasteiger partial charge in [0, 0.05) is 18.0 Å². The molecule has 86 valence electrons. The van der Waals surface area contributed by atoms with Crippen molar-refractivity contribution in [3.63, 3.8) is 0 Å². The summed E-state index contributed by atoms with van der Waals surface area (Å²) in [6, 6.07) is 3.83. The molecule has 5 nitrogen and oxygen atoms in total. The molecule has 0 aliphatic rings. The van der Waals surface area contributed by atoms with E-state index in [0.717, 1.165) is 6.07 Å². The SMILES string of the molecule is O=[N+]([O-])c1c(F)cccc1-c1cnc(Cl)nc1. The van der Waals surface area contributed by atoms with Gasteiger partial charge in [-0.15, -0.1) is 0 Å². The molecule has 0 unspecified atom stereocenters. The fraction of sp³-hybridized carbons (Fsp3) is 0. The van der Waals surface area contributed by atoms with Crippen LogP contribution in [0.1, 0.15) is 0 Å². The van der Waals surface area contributed by atoms with Crippen molar-refractivity contribution < 1.29 is 9.31 Å². The fourth-order valence-electron chi connectivity index (χ4n) is 1.39. The van der Waals surface area contributed by atoms with Gasteiger partial charge in [-0.3, -0.25) is 10.1 Å². The standard InChI is InChI=1S/C10H5ClFN3O2/c11-10-13-4-6(5-14-10)7-2-1-3-8(12)9(7)15(16)17/h1-5H. The molecule has 1 aromatic carbocycles. The molecule has 0 atom stereocenters. The van der Waals surface area contributed by atoms with E-state index in [-0.39, 0.29) is 10.8 Å². The third kappa shape index (κ3) is 2.21. The second kappa shape index (κ2) is 4.42. The Balaban J connectivity index is 2.63. The monoisotopic (exact) mass is 253 g/mol. The zero-order valence-corrected chi connectivity index (χ0v) is 9.06. The van der Waals surface area contributed by atoms with Crippen molar-refractivity contribution in [1.82, 2.24) is 9.97 Å². The van der Waals surface area contributed by atoms with Crippen LogP contribution in [0.3, 0.4) is 0 Å². The summed E-state index contributed by atoms with van der Waals surface area (Å²) in [6.45, 7) is 0. The largest absolute Gasteiger partial charge is 0.312 e. The summed E-state index contributed by atoms with van der Waals surface area (Å²) in [5.74, 6) is -0.901. The van der Waals surface area contributed by atoms with E-state index in [9.17, 15) is 14.5 Å². The van der Waals surface area contributed by atoms with Crippen molar-refractivity contribution in [3.8, 4) is 11.1 Å². The smallest absolute Gasteiger partial charge is 0.258 e. The summed E-state index contributed by atoms with van der Waals surface area (Å²) in [4.78, 5) is 17.4. The number of rotatable bonds is 2. The summed E-state index contributed by atoms with van der Waals surface area (Å²) in [5.41, 5.74) is -0.148. The van der Waals surface area contributed by atoms with Gasteiger partial charge in [-0.1, -0.05) is 6.07 Å². The lowest BCUT2D eigenvalue weighted by Gasteiger charge is -2.02. The van der Waals surface area contributed by atoms with Gasteiger partial charge >= 0.3 is 5.69 Å². The number of hydrogen-bond donors (Lipinski definition) is 0. The minimum atomic E-state index is -0.901. The predicted molar refractivity (Wildman–Crippen MR) is 59.1 cm³/mol. The van der Waals surface area contributed by atoms with Crippen LogP contribution in [0, 0.1) is 15.9 Å². The predicted octanol–water partition coefficient (Wildman–Crippen LogP) is 2.84. The summed E-state index contributed by atoms with van der Waals surface area (Å²) < 4.78 is 13.4. The molecule has 1 aromatic heterocycles. The van der Waals surface area contributed by atoms with Crippen LogP contribution in [0.25, 0.3) is 11.1 Å². The van der Waals surface area contributed by atoms with Crippen LogP contribution in [0.4, 0.5) is 10.1 Å². The van der Waals surface area contributed by atoms with Gasteiger partial charge in [-0.25, -0.2) is 9.97 Å². The van der Waals surface area contributed by atoms with Crippen molar-refractivity contribution in [2.75, 3.05) is 0 Å². The molecular formula is C10H5ClFN3O2. The first-order valence-corrected chi connectivity index (χ1v) is 4.88. The van der Waals surface area contributed by atoms with E-state index in [2.05, 4.69) is 9.97 Å². The molecule has 1 heterocycles. The number of para-hydroxylation sites is 1. The van der Waals surface area contributed by atoms with Crippen LogP contribution in [0.2, 0.25) is 5.28 Å². The van der Waals surface area contributed by atoms with E-state index in [1.165, 1.54) is 24.5 Å². The first kappa shape index (κ1) is 11.4. The molecular weight excluding hydrogens is 249 g/mol. The summed E-state index contributed by atoms with van der Waals surface area (Å²) >= 11 is 5.50. The van der Waals surface area contributed by atoms with Gasteiger partial charge in [0.25, 0.3) is 0 Å². The highest BCUT2D eigenvalue weighted by atomic mass is 35.5. The highest BCUT2D eigenvalue weighted by Crippen LogP contribution is 2.31. The molecule has 0 spiro atoms. The first-order valence-electron chi connectivity index (χ1n) is 4.50. The third-order valence-electron chi connectivity index (χ3n) is 2.10. The lowest BCUT2D eigenvalue weighted by atomic mass is 10.1. The van der Waals surface area contributed by atoms with Crippen molar-refractivity contribution in [2.24, 2.45) is 0 Å². The molecule has 0 aliphatic heterocycles. The first-order chi connectivity index (χ1) is 8.09. The Morgan fingerprint density at radius 1 is 1.29 bits per heavy atom. The van der Waals surface area contributed by atoms with Gasteiger partial charge in [0.2, 0.25) is 11.1 Å². The number of benzene rings is 1. The minimum absolute atomic E-state index is 0.0211. The van der Waals surface area contributed by atoms with Crippen molar-refractivity contribution >= 4 is 17.3 Å². The lowest BCUT2D eigenvalue weighted by Crippen LogP contribution is -1.96. The van der Waals surface area contributed by atoms with E-state index in [1.54, 1.807) is 0 Å². The molecule has 0 saturated heterocycles. The molecule has 0 saturated carbocycles. The number of hydrogen-bond acceptors (Lipinski definition) is 4. The number of nitro benzene ring substituents is 1. The maximum absolute atomic E-state index is 13.4. The second-order valence-electron chi connectivity index (χ2n) is 3.13. The topological polar surface area (TPSA) is 68.9 Å². The van der Waals surface area contributed by atoms with Gasteiger partial charge < -0.3 is 0 Å². The Morgan fingerprint density at radius 3 is 2.53 bits per heavy atom. The zero-order chi connectivity index (χ0) is 12.4. The van der Waals surface area contributed by atoms with E-state index in [0.29, 0.717) is 5.56 Å². The van der Waals surface area contributed by atoms with Crippen molar-refractivity contribution in [1.29, 1.82) is 0 Å². The Labute approximate surface area is 100 Å². The van der Waals surface area contributed by atoms with Crippen LogP contribution in [-0.4, -0.2) is 14.9 Å². The van der Waals surface area contributed by atoms with Gasteiger partial charge in [-0.05, 0) is 23.7 Å². The average Bonchev–Trinajstić information content (AvgIpc) is 2.29. The van der Waals surface area contributed by atoms with Crippen LogP contribution < -0.4 is 0 Å². The Hall–Kier alpha value is -2.08. The normalized spacial score (nSPS) is 10.2. The van der Waals surface area contributed by atoms with Crippen LogP contribution in [-0.2, 0) is 0 Å². The molecule has 0 aliphatic carbocycles. The van der Waals surface area contributed by atoms with E-state index in [1.807, 2.05) is 0 Å². The highest BCUT2D eigenvalue weighted by molar-refractivity contribution is 6.28. The lowest BCUT2D eigenvalue weighted by molar-refractivity contribution is -0.386. The summed E-state index contributed by atoms with van der Waals surface area (Å²) in [6.07, 6.45) is 2.61. The maximum Gasteiger partial charge on any atom is 0.312 e. The van der Waals surface area contributed by atoms with Gasteiger partial charge in [0.15, 0.2) is 0 Å². The quantitative estimate of drug-likeness (QED) is 0.469. The Kier molecular flexibility index (Phi) is 2.97. The molecule has 0 bridgehead atoms. The summed E-state index contributed by atoms with van der Waals surface area (Å²) in [5, 5.41) is 10.8. The van der Waals surface area contributed by atoms with E-state index < -0.39 is 16.4 Å². The molecule has 0 fully saturated rings. The zero-order valence-electron chi connectivity index (χ0n) is 8.30. The van der Waals surface area contributed by atoms with Gasteiger partial charge in [-0.2, -0.15) is 4.39 Å². The molecule has 17 heavy (non-hydrogen) atoms. The number of nitrogens with zero attached hydrogens (tertiary/aromatic N) is 3. The number of aromatic nitrogens is 2. The third-order valence-corrected chi connectivity index (χ3v) is 2.30. The molecule has 0 radical (unpaired) electrons. The Bertz CT molecular complexity index is 574. The van der Waals surface area contributed by atoms with E-state index >= 15 is 0 Å². The average molecular weight is 254 g/mol. The fourth-order valence-corrected chi connectivity index (χ4v) is 1.48. The van der Waals surface area contributed by atoms with Crippen LogP contribution >= 0.6 is 11.6 Å². The molecule has 2 rings (SSSR count). The molecule has 0 amide bonds. The van der Waals surface area contributed by atoms with Crippen LogP contribution in [0.15, 0.2) is 30.6 Å². The Morgan fingerprint density at radius 2 is 1.94 bits per heavy atom. The van der Waals surface area contributed by atoms with Crippen molar-refractivity contribution in [3.05, 3.63) is 51.8 Å². The molecule has 0 N–H and O–H groups in total.